The molecule has 0 aliphatic carbocycles. The maximum atomic E-state index is 9.70. The van der Waals surface area contributed by atoms with Gasteiger partial charge in [-0.25, -0.2) is 0 Å². The number of hydrogen-bond acceptors (Lipinski definition) is 2. The van der Waals surface area contributed by atoms with E-state index in [1.165, 1.54) is 12.0 Å². The van der Waals surface area contributed by atoms with E-state index in [4.69, 9.17) is 0 Å². The minimum atomic E-state index is 0.348. The van der Waals surface area contributed by atoms with Gasteiger partial charge in [-0.1, -0.05) is 32.9 Å². The van der Waals surface area contributed by atoms with Gasteiger partial charge >= 0.3 is 0 Å². The lowest BCUT2D eigenvalue weighted by Gasteiger charge is -2.23. The van der Waals surface area contributed by atoms with Gasteiger partial charge in [0.1, 0.15) is 5.75 Å². The van der Waals surface area contributed by atoms with Crippen LogP contribution in [0.2, 0.25) is 0 Å². The number of nitrogens with one attached hydrogen (secondary N) is 1. The highest BCUT2D eigenvalue weighted by molar-refractivity contribution is 5.42. The smallest absolute Gasteiger partial charge is 0.121 e. The molecule has 0 aromatic heterocycles. The van der Waals surface area contributed by atoms with E-state index in [0.29, 0.717) is 11.2 Å². The van der Waals surface area contributed by atoms with Crippen molar-refractivity contribution < 1.29 is 5.11 Å². The predicted octanol–water partition coefficient (Wildman–Crippen LogP) is 3.53. The van der Waals surface area contributed by atoms with Crippen LogP contribution in [0.25, 0.3) is 0 Å². The molecule has 0 aliphatic rings. The molecule has 0 bridgehead atoms. The molecule has 1 rings (SSSR count). The van der Waals surface area contributed by atoms with Gasteiger partial charge in [0, 0.05) is 13.1 Å². The molecule has 0 radical (unpaired) electrons. The summed E-state index contributed by atoms with van der Waals surface area (Å²) in [6, 6.07) is 4.10. The van der Waals surface area contributed by atoms with Crippen molar-refractivity contribution in [2.45, 2.75) is 47.6 Å². The lowest BCUT2D eigenvalue weighted by molar-refractivity contribution is 0.327. The van der Waals surface area contributed by atoms with E-state index in [9.17, 15) is 5.11 Å². The SMILES string of the molecule is CCC(C)(C)CNCc1cc(C)c(O)c(C)c1. The van der Waals surface area contributed by atoms with Crippen LogP contribution >= 0.6 is 0 Å². The molecule has 2 heteroatoms. The standard InChI is InChI=1S/C15H25NO/c1-6-15(4,5)10-16-9-13-7-11(2)14(17)12(3)8-13/h7-8,16-17H,6,9-10H2,1-5H3. The molecule has 0 unspecified atom stereocenters. The Balaban J connectivity index is 2.59. The Morgan fingerprint density at radius 2 is 1.71 bits per heavy atom. The average molecular weight is 235 g/mol. The van der Waals surface area contributed by atoms with Gasteiger partial charge in [-0.2, -0.15) is 0 Å². The first-order valence-electron chi connectivity index (χ1n) is 6.35. The van der Waals surface area contributed by atoms with Gasteiger partial charge in [-0.05, 0) is 42.4 Å². The highest BCUT2D eigenvalue weighted by atomic mass is 16.3. The second kappa shape index (κ2) is 5.54. The summed E-state index contributed by atoms with van der Waals surface area (Å²) >= 11 is 0. The summed E-state index contributed by atoms with van der Waals surface area (Å²) < 4.78 is 0. The van der Waals surface area contributed by atoms with Gasteiger partial charge in [-0.3, -0.25) is 0 Å². The average Bonchev–Trinajstić information content (AvgIpc) is 2.25. The van der Waals surface area contributed by atoms with Gasteiger partial charge in [-0.15, -0.1) is 0 Å². The van der Waals surface area contributed by atoms with E-state index in [0.717, 1.165) is 24.2 Å². The van der Waals surface area contributed by atoms with Crippen LogP contribution in [-0.4, -0.2) is 11.7 Å². The minimum absolute atomic E-state index is 0.348. The topological polar surface area (TPSA) is 32.3 Å². The normalized spacial score (nSPS) is 11.8. The Bertz CT molecular complexity index is 360. The predicted molar refractivity (Wildman–Crippen MR) is 73.4 cm³/mol. The number of aromatic hydroxyl groups is 1. The Morgan fingerprint density at radius 3 is 2.18 bits per heavy atom. The maximum absolute atomic E-state index is 9.70. The van der Waals surface area contributed by atoms with Gasteiger partial charge in [0.15, 0.2) is 0 Å². The zero-order valence-electron chi connectivity index (χ0n) is 11.7. The number of phenolic OH excluding ortho intramolecular Hbond substituents is 1. The molecule has 0 spiro atoms. The number of benzene rings is 1. The maximum Gasteiger partial charge on any atom is 0.121 e. The van der Waals surface area contributed by atoms with Crippen LogP contribution in [0.5, 0.6) is 5.75 Å². The molecule has 2 N–H and O–H groups in total. The number of phenols is 1. The fourth-order valence-electron chi connectivity index (χ4n) is 1.82. The van der Waals surface area contributed by atoms with Crippen molar-refractivity contribution in [1.29, 1.82) is 0 Å². The minimum Gasteiger partial charge on any atom is -0.507 e. The van der Waals surface area contributed by atoms with Crippen molar-refractivity contribution in [1.82, 2.24) is 5.32 Å². The highest BCUT2D eigenvalue weighted by Gasteiger charge is 2.14. The second-order valence-corrected chi connectivity index (χ2v) is 5.70. The van der Waals surface area contributed by atoms with Crippen molar-refractivity contribution in [3.63, 3.8) is 0 Å². The third-order valence-corrected chi connectivity index (χ3v) is 3.44. The molecule has 96 valence electrons. The molecule has 1 aromatic carbocycles. The monoisotopic (exact) mass is 235 g/mol. The van der Waals surface area contributed by atoms with Crippen LogP contribution < -0.4 is 5.32 Å². The summed E-state index contributed by atoms with van der Waals surface area (Å²) in [6.45, 7) is 12.5. The summed E-state index contributed by atoms with van der Waals surface area (Å²) in [7, 11) is 0. The lowest BCUT2D eigenvalue weighted by atomic mass is 9.90. The third-order valence-electron chi connectivity index (χ3n) is 3.44. The highest BCUT2D eigenvalue weighted by Crippen LogP contribution is 2.23. The summed E-state index contributed by atoms with van der Waals surface area (Å²) in [5.74, 6) is 0.419. The Hall–Kier alpha value is -1.02. The van der Waals surface area contributed by atoms with Crippen LogP contribution in [0.15, 0.2) is 12.1 Å². The van der Waals surface area contributed by atoms with E-state index in [2.05, 4.69) is 26.1 Å². The number of hydrogen-bond donors (Lipinski definition) is 2. The number of rotatable bonds is 5. The molecule has 0 atom stereocenters. The summed E-state index contributed by atoms with van der Waals surface area (Å²) in [5.41, 5.74) is 3.50. The Kier molecular flexibility index (Phi) is 4.58. The van der Waals surface area contributed by atoms with Crippen molar-refractivity contribution in [3.05, 3.63) is 28.8 Å². The second-order valence-electron chi connectivity index (χ2n) is 5.70. The third kappa shape index (κ3) is 4.04. The molecule has 0 heterocycles. The van der Waals surface area contributed by atoms with E-state index < -0.39 is 0 Å². The fraction of sp³-hybridized carbons (Fsp3) is 0.600. The van der Waals surface area contributed by atoms with Crippen LogP contribution in [0.1, 0.15) is 43.9 Å². The first-order valence-corrected chi connectivity index (χ1v) is 6.35. The van der Waals surface area contributed by atoms with Gasteiger partial charge < -0.3 is 10.4 Å². The first kappa shape index (κ1) is 14.0. The molecule has 0 aliphatic heterocycles. The molecule has 2 nitrogen and oxygen atoms in total. The lowest BCUT2D eigenvalue weighted by Crippen LogP contribution is -2.28. The van der Waals surface area contributed by atoms with E-state index in [1.54, 1.807) is 0 Å². The van der Waals surface area contributed by atoms with Gasteiger partial charge in [0.2, 0.25) is 0 Å². The Morgan fingerprint density at radius 1 is 1.18 bits per heavy atom. The van der Waals surface area contributed by atoms with Crippen LogP contribution in [0.3, 0.4) is 0 Å². The summed E-state index contributed by atoms with van der Waals surface area (Å²) in [5, 5.41) is 13.2. The molecule has 0 saturated carbocycles. The molecule has 17 heavy (non-hydrogen) atoms. The quantitative estimate of drug-likeness (QED) is 0.818. The van der Waals surface area contributed by atoms with E-state index in [1.807, 2.05) is 26.0 Å². The van der Waals surface area contributed by atoms with Crippen LogP contribution in [-0.2, 0) is 6.54 Å². The first-order chi connectivity index (χ1) is 7.85. The van der Waals surface area contributed by atoms with Crippen LogP contribution in [0.4, 0.5) is 0 Å². The van der Waals surface area contributed by atoms with E-state index >= 15 is 0 Å². The Labute approximate surface area is 105 Å². The van der Waals surface area contributed by atoms with Crippen molar-refractivity contribution >= 4 is 0 Å². The van der Waals surface area contributed by atoms with Crippen molar-refractivity contribution in [3.8, 4) is 5.75 Å². The summed E-state index contributed by atoms with van der Waals surface area (Å²) in [6.07, 6.45) is 1.17. The molecule has 1 aromatic rings. The largest absolute Gasteiger partial charge is 0.507 e. The van der Waals surface area contributed by atoms with Crippen LogP contribution in [0, 0.1) is 19.3 Å². The fourth-order valence-corrected chi connectivity index (χ4v) is 1.82. The van der Waals surface area contributed by atoms with E-state index in [-0.39, 0.29) is 0 Å². The summed E-state index contributed by atoms with van der Waals surface area (Å²) in [4.78, 5) is 0. The molecular weight excluding hydrogens is 210 g/mol. The zero-order chi connectivity index (χ0) is 13.1. The van der Waals surface area contributed by atoms with Crippen molar-refractivity contribution in [2.24, 2.45) is 5.41 Å². The molecule has 0 fully saturated rings. The molecule has 0 amide bonds. The molecule has 0 saturated heterocycles. The zero-order valence-corrected chi connectivity index (χ0v) is 11.7. The van der Waals surface area contributed by atoms with Gasteiger partial charge in [0.25, 0.3) is 0 Å². The van der Waals surface area contributed by atoms with Gasteiger partial charge in [0.05, 0.1) is 0 Å². The number of aryl methyl sites for hydroxylation is 2. The molecular formula is C15H25NO. The van der Waals surface area contributed by atoms with Crippen molar-refractivity contribution in [2.75, 3.05) is 6.54 Å².